The van der Waals surface area contributed by atoms with Gasteiger partial charge < -0.3 is 0 Å². The van der Waals surface area contributed by atoms with Crippen molar-refractivity contribution >= 4 is 34.0 Å². The average Bonchev–Trinajstić information content (AvgIpc) is 2.78. The molecule has 3 nitrogen and oxygen atoms in total. The molecule has 18 heavy (non-hydrogen) atoms. The Morgan fingerprint density at radius 3 is 2.83 bits per heavy atom. The van der Waals surface area contributed by atoms with E-state index in [4.69, 9.17) is 11.6 Å². The number of nitrogens with zero attached hydrogens (tertiary/aromatic N) is 3. The summed E-state index contributed by atoms with van der Waals surface area (Å²) in [6.45, 7) is 7.80. The number of allylic oxidation sites excluding steroid dienone is 2. The summed E-state index contributed by atoms with van der Waals surface area (Å²) in [5, 5.41) is 0.499. The minimum atomic E-state index is 0.499. The van der Waals surface area contributed by atoms with Crippen LogP contribution in [0.3, 0.4) is 0 Å². The van der Waals surface area contributed by atoms with Crippen LogP contribution in [0.5, 0.6) is 0 Å². The second-order valence-corrected chi connectivity index (χ2v) is 4.51. The number of para-hydroxylation sites is 2. The molecular formula is C14H14ClN3. The number of hydrogen-bond acceptors (Lipinski definition) is 2. The van der Waals surface area contributed by atoms with Gasteiger partial charge in [-0.15, -0.1) is 0 Å². The monoisotopic (exact) mass is 259 g/mol. The summed E-state index contributed by atoms with van der Waals surface area (Å²) in [7, 11) is 0. The molecule has 92 valence electrons. The van der Waals surface area contributed by atoms with Crippen LogP contribution in [0.1, 0.15) is 13.8 Å². The molecule has 0 aliphatic heterocycles. The van der Waals surface area contributed by atoms with Crippen molar-refractivity contribution in [1.82, 2.24) is 9.55 Å². The maximum absolute atomic E-state index is 6.17. The summed E-state index contributed by atoms with van der Waals surface area (Å²) in [6, 6.07) is 7.83. The molecule has 0 bridgehead atoms. The molecule has 0 N–H and O–H groups in total. The average molecular weight is 260 g/mol. The molecule has 2 rings (SSSR count). The molecule has 0 amide bonds. The van der Waals surface area contributed by atoms with Gasteiger partial charge in [-0.25, -0.2) is 4.98 Å². The van der Waals surface area contributed by atoms with E-state index in [0.717, 1.165) is 16.7 Å². The normalized spacial score (nSPS) is 11.6. The van der Waals surface area contributed by atoms with Gasteiger partial charge in [-0.2, -0.15) is 0 Å². The van der Waals surface area contributed by atoms with E-state index < -0.39 is 0 Å². The van der Waals surface area contributed by atoms with Crippen molar-refractivity contribution in [2.45, 2.75) is 13.8 Å². The number of fused-ring (bicyclic) bond motifs is 1. The fraction of sp³-hybridized carbons (Fsp3) is 0.143. The summed E-state index contributed by atoms with van der Waals surface area (Å²) in [6.07, 6.45) is 3.32. The Bertz CT molecular complexity index is 646. The highest BCUT2D eigenvalue weighted by atomic mass is 35.5. The minimum Gasteiger partial charge on any atom is -0.298 e. The topological polar surface area (TPSA) is 30.2 Å². The third kappa shape index (κ3) is 2.51. The smallest absolute Gasteiger partial charge is 0.100 e. The summed E-state index contributed by atoms with van der Waals surface area (Å²) in [4.78, 5) is 8.46. The molecule has 0 saturated heterocycles. The van der Waals surface area contributed by atoms with Crippen LogP contribution < -0.4 is 0 Å². The molecule has 0 saturated carbocycles. The van der Waals surface area contributed by atoms with Crippen molar-refractivity contribution < 1.29 is 0 Å². The SMILES string of the molecule is C=C(/C(Cl)=C\N=C(C)C)n1cnc2ccccc21. The van der Waals surface area contributed by atoms with Crippen molar-refractivity contribution in [2.75, 3.05) is 0 Å². The number of imidazole rings is 1. The van der Waals surface area contributed by atoms with Crippen LogP contribution in [0.2, 0.25) is 0 Å². The van der Waals surface area contributed by atoms with Crippen LogP contribution in [-0.2, 0) is 0 Å². The second-order valence-electron chi connectivity index (χ2n) is 4.10. The van der Waals surface area contributed by atoms with Crippen LogP contribution in [-0.4, -0.2) is 15.3 Å². The predicted octanol–water partition coefficient (Wildman–Crippen LogP) is 4.07. The van der Waals surface area contributed by atoms with Crippen molar-refractivity contribution in [3.8, 4) is 0 Å². The molecule has 0 spiro atoms. The van der Waals surface area contributed by atoms with Crippen molar-refractivity contribution in [3.05, 3.63) is 48.4 Å². The fourth-order valence-electron chi connectivity index (χ4n) is 1.55. The number of benzene rings is 1. The molecule has 0 radical (unpaired) electrons. The van der Waals surface area contributed by atoms with Crippen molar-refractivity contribution in [1.29, 1.82) is 0 Å². The first kappa shape index (κ1) is 12.6. The zero-order valence-corrected chi connectivity index (χ0v) is 11.1. The lowest BCUT2D eigenvalue weighted by Crippen LogP contribution is -1.93. The van der Waals surface area contributed by atoms with Gasteiger partial charge in [0.2, 0.25) is 0 Å². The Morgan fingerprint density at radius 2 is 2.11 bits per heavy atom. The Hall–Kier alpha value is -1.87. The lowest BCUT2D eigenvalue weighted by Gasteiger charge is -2.06. The number of halogens is 1. The summed E-state index contributed by atoms with van der Waals surface area (Å²) >= 11 is 6.17. The summed E-state index contributed by atoms with van der Waals surface area (Å²) in [5.74, 6) is 0. The summed E-state index contributed by atoms with van der Waals surface area (Å²) < 4.78 is 1.86. The van der Waals surface area contributed by atoms with Crippen LogP contribution in [0.15, 0.2) is 53.4 Å². The number of hydrogen-bond donors (Lipinski definition) is 0. The van der Waals surface area contributed by atoms with Gasteiger partial charge in [0.25, 0.3) is 0 Å². The molecule has 0 atom stereocenters. The zero-order valence-electron chi connectivity index (χ0n) is 10.4. The van der Waals surface area contributed by atoms with Gasteiger partial charge in [0.15, 0.2) is 0 Å². The zero-order chi connectivity index (χ0) is 13.1. The largest absolute Gasteiger partial charge is 0.298 e. The minimum absolute atomic E-state index is 0.499. The quantitative estimate of drug-likeness (QED) is 0.604. The van der Waals surface area contributed by atoms with E-state index >= 15 is 0 Å². The van der Waals surface area contributed by atoms with E-state index in [1.54, 1.807) is 12.5 Å². The molecule has 0 unspecified atom stereocenters. The third-order valence-corrected chi connectivity index (χ3v) is 2.77. The Balaban J connectivity index is 2.40. The Labute approximate surface area is 111 Å². The van der Waals surface area contributed by atoms with Crippen LogP contribution in [0, 0.1) is 0 Å². The van der Waals surface area contributed by atoms with E-state index in [-0.39, 0.29) is 0 Å². The molecule has 0 aliphatic carbocycles. The lowest BCUT2D eigenvalue weighted by atomic mass is 10.3. The van der Waals surface area contributed by atoms with Crippen LogP contribution in [0.4, 0.5) is 0 Å². The highest BCUT2D eigenvalue weighted by molar-refractivity contribution is 6.35. The van der Waals surface area contributed by atoms with Gasteiger partial charge in [0.1, 0.15) is 6.33 Å². The van der Waals surface area contributed by atoms with Gasteiger partial charge in [-0.05, 0) is 26.0 Å². The first-order valence-corrected chi connectivity index (χ1v) is 5.96. The number of aromatic nitrogens is 2. The van der Waals surface area contributed by atoms with Crippen LogP contribution in [0.25, 0.3) is 16.7 Å². The lowest BCUT2D eigenvalue weighted by molar-refractivity contribution is 1.13. The van der Waals surface area contributed by atoms with Crippen molar-refractivity contribution in [3.63, 3.8) is 0 Å². The maximum Gasteiger partial charge on any atom is 0.100 e. The second kappa shape index (κ2) is 5.19. The van der Waals surface area contributed by atoms with E-state index in [1.807, 2.05) is 42.7 Å². The number of aliphatic imine (C=N–C) groups is 1. The van der Waals surface area contributed by atoms with Gasteiger partial charge >= 0.3 is 0 Å². The highest BCUT2D eigenvalue weighted by Crippen LogP contribution is 2.23. The molecule has 1 heterocycles. The molecule has 0 aliphatic rings. The first-order chi connectivity index (χ1) is 8.59. The highest BCUT2D eigenvalue weighted by Gasteiger charge is 2.07. The summed E-state index contributed by atoms with van der Waals surface area (Å²) in [5.41, 5.74) is 3.50. The van der Waals surface area contributed by atoms with Crippen LogP contribution >= 0.6 is 11.6 Å². The first-order valence-electron chi connectivity index (χ1n) is 5.58. The van der Waals surface area contributed by atoms with Gasteiger partial charge in [-0.1, -0.05) is 30.3 Å². The standard InChI is InChI=1S/C14H14ClN3/c1-10(2)16-8-12(15)11(3)18-9-17-13-6-4-5-7-14(13)18/h4-9H,3H2,1-2H3/b12-8+. The van der Waals surface area contributed by atoms with E-state index in [2.05, 4.69) is 16.6 Å². The van der Waals surface area contributed by atoms with E-state index in [9.17, 15) is 0 Å². The van der Waals surface area contributed by atoms with Gasteiger partial charge in [0, 0.05) is 11.9 Å². The fourth-order valence-corrected chi connectivity index (χ4v) is 1.69. The number of rotatable bonds is 3. The van der Waals surface area contributed by atoms with Crippen molar-refractivity contribution in [2.24, 2.45) is 4.99 Å². The third-order valence-electron chi connectivity index (χ3n) is 2.46. The van der Waals surface area contributed by atoms with Gasteiger partial charge in [0.05, 0.1) is 21.8 Å². The molecule has 1 aromatic carbocycles. The molecular weight excluding hydrogens is 246 g/mol. The van der Waals surface area contributed by atoms with Gasteiger partial charge in [-0.3, -0.25) is 9.56 Å². The molecule has 2 aromatic rings. The van der Waals surface area contributed by atoms with E-state index in [1.165, 1.54) is 0 Å². The molecule has 4 heteroatoms. The predicted molar refractivity (Wildman–Crippen MR) is 77.8 cm³/mol. The Morgan fingerprint density at radius 1 is 1.39 bits per heavy atom. The van der Waals surface area contributed by atoms with E-state index in [0.29, 0.717) is 10.7 Å². The Kier molecular flexibility index (Phi) is 3.63. The maximum atomic E-state index is 6.17. The molecule has 1 aromatic heterocycles. The molecule has 0 fully saturated rings.